The molecule has 2 rings (SSSR count). The summed E-state index contributed by atoms with van der Waals surface area (Å²) in [6.45, 7) is -0.0203. The Balaban J connectivity index is 2.36. The van der Waals surface area contributed by atoms with Crippen LogP contribution in [0, 0.1) is 0 Å². The Morgan fingerprint density at radius 3 is 2.32 bits per heavy atom. The van der Waals surface area contributed by atoms with Crippen LogP contribution in [0.4, 0.5) is 0 Å². The summed E-state index contributed by atoms with van der Waals surface area (Å²) in [6.07, 6.45) is 1.03. The van der Waals surface area contributed by atoms with E-state index in [0.717, 1.165) is 0 Å². The lowest BCUT2D eigenvalue weighted by molar-refractivity contribution is -0.141. The highest BCUT2D eigenvalue weighted by Gasteiger charge is 2.35. The second-order valence-electron chi connectivity index (χ2n) is 5.46. The zero-order chi connectivity index (χ0) is 18.6. The molecule has 136 valence electrons. The largest absolute Gasteiger partial charge is 0.493 e. The third-order valence-electron chi connectivity index (χ3n) is 3.87. The number of carbonyl (C=O) groups is 3. The molecule has 0 spiro atoms. The monoisotopic (exact) mass is 352 g/mol. The molecule has 1 aromatic carbocycles. The molecule has 1 atom stereocenters. The summed E-state index contributed by atoms with van der Waals surface area (Å²) >= 11 is 0. The number of hydrogen-bond acceptors (Lipinski definition) is 6. The maximum Gasteiger partial charge on any atom is 0.326 e. The van der Waals surface area contributed by atoms with E-state index in [1.54, 1.807) is 0 Å². The van der Waals surface area contributed by atoms with Crippen molar-refractivity contribution in [3.8, 4) is 17.2 Å². The maximum absolute atomic E-state index is 12.7. The summed E-state index contributed by atoms with van der Waals surface area (Å²) in [5.41, 5.74) is 5.27. The standard InChI is InChI=1S/C16H20N2O7/c1-23-11-6-9(7-12(24-2)14(11)25-8-13(17)19)15(20)18-5-3-4-10(18)16(21)22/h6-7,10H,3-5,8H2,1-2H3,(H2,17,19)(H,21,22)/t10-/m1/s1. The summed E-state index contributed by atoms with van der Waals surface area (Å²) in [7, 11) is 2.74. The number of hydrogen-bond donors (Lipinski definition) is 2. The number of rotatable bonds is 7. The molecule has 0 bridgehead atoms. The van der Waals surface area contributed by atoms with Gasteiger partial charge in [0, 0.05) is 12.1 Å². The maximum atomic E-state index is 12.7. The first kappa shape index (κ1) is 18.4. The lowest BCUT2D eigenvalue weighted by Gasteiger charge is -2.22. The van der Waals surface area contributed by atoms with Gasteiger partial charge in [-0.25, -0.2) is 4.79 Å². The number of carboxylic acids is 1. The molecule has 1 saturated heterocycles. The molecule has 9 nitrogen and oxygen atoms in total. The number of methoxy groups -OCH3 is 2. The quantitative estimate of drug-likeness (QED) is 0.720. The number of ether oxygens (including phenoxy) is 3. The Bertz CT molecular complexity index is 664. The van der Waals surface area contributed by atoms with Crippen molar-refractivity contribution >= 4 is 17.8 Å². The molecule has 1 fully saturated rings. The van der Waals surface area contributed by atoms with Gasteiger partial charge in [0.2, 0.25) is 5.75 Å². The van der Waals surface area contributed by atoms with Gasteiger partial charge in [-0.05, 0) is 25.0 Å². The van der Waals surface area contributed by atoms with Gasteiger partial charge in [-0.3, -0.25) is 9.59 Å². The van der Waals surface area contributed by atoms with Crippen molar-refractivity contribution in [2.45, 2.75) is 18.9 Å². The highest BCUT2D eigenvalue weighted by atomic mass is 16.5. The minimum atomic E-state index is -1.04. The Hall–Kier alpha value is -2.97. The van der Waals surface area contributed by atoms with Crippen LogP contribution in [0.15, 0.2) is 12.1 Å². The fourth-order valence-electron chi connectivity index (χ4n) is 2.72. The lowest BCUT2D eigenvalue weighted by Crippen LogP contribution is -2.40. The van der Waals surface area contributed by atoms with E-state index < -0.39 is 23.8 Å². The van der Waals surface area contributed by atoms with E-state index >= 15 is 0 Å². The molecular formula is C16H20N2O7. The van der Waals surface area contributed by atoms with Crippen LogP contribution in [0.5, 0.6) is 17.2 Å². The van der Waals surface area contributed by atoms with Crippen LogP contribution < -0.4 is 19.9 Å². The molecule has 9 heteroatoms. The highest BCUT2D eigenvalue weighted by Crippen LogP contribution is 2.39. The van der Waals surface area contributed by atoms with Gasteiger partial charge >= 0.3 is 5.97 Å². The van der Waals surface area contributed by atoms with Crippen molar-refractivity contribution < 1.29 is 33.7 Å². The van der Waals surface area contributed by atoms with Crippen LogP contribution in [0.25, 0.3) is 0 Å². The topological polar surface area (TPSA) is 128 Å². The van der Waals surface area contributed by atoms with Gasteiger partial charge in [0.05, 0.1) is 14.2 Å². The van der Waals surface area contributed by atoms with Crippen molar-refractivity contribution in [1.29, 1.82) is 0 Å². The van der Waals surface area contributed by atoms with Gasteiger partial charge < -0.3 is 30.0 Å². The summed E-state index contributed by atoms with van der Waals surface area (Å²) in [6, 6.07) is 1.98. The fraction of sp³-hybridized carbons (Fsp3) is 0.438. The molecule has 1 aliphatic heterocycles. The molecule has 3 N–H and O–H groups in total. The Labute approximate surface area is 144 Å². The predicted octanol–water partition coefficient (Wildman–Crippen LogP) is 0.257. The SMILES string of the molecule is COc1cc(C(=O)N2CCC[C@@H]2C(=O)O)cc(OC)c1OCC(N)=O. The van der Waals surface area contributed by atoms with Crippen LogP contribution in [-0.4, -0.2) is 61.2 Å². The number of amides is 2. The smallest absolute Gasteiger partial charge is 0.326 e. The molecule has 0 radical (unpaired) electrons. The van der Waals surface area contributed by atoms with Gasteiger partial charge in [-0.1, -0.05) is 0 Å². The van der Waals surface area contributed by atoms with Crippen LogP contribution in [0.1, 0.15) is 23.2 Å². The van der Waals surface area contributed by atoms with E-state index in [-0.39, 0.29) is 29.4 Å². The zero-order valence-electron chi connectivity index (χ0n) is 14.0. The Morgan fingerprint density at radius 1 is 1.24 bits per heavy atom. The molecule has 0 aliphatic carbocycles. The molecular weight excluding hydrogens is 332 g/mol. The number of carboxylic acid groups (broad SMARTS) is 1. The van der Waals surface area contributed by atoms with Crippen molar-refractivity contribution in [2.24, 2.45) is 5.73 Å². The fourth-order valence-corrected chi connectivity index (χ4v) is 2.72. The number of nitrogens with two attached hydrogens (primary N) is 1. The molecule has 2 amide bonds. The van der Waals surface area contributed by atoms with Gasteiger partial charge in [0.15, 0.2) is 18.1 Å². The number of primary amides is 1. The number of aliphatic carboxylic acids is 1. The summed E-state index contributed by atoms with van der Waals surface area (Å²) in [5.74, 6) is -1.67. The zero-order valence-corrected chi connectivity index (χ0v) is 14.0. The molecule has 25 heavy (non-hydrogen) atoms. The summed E-state index contributed by atoms with van der Waals surface area (Å²) < 4.78 is 15.7. The minimum Gasteiger partial charge on any atom is -0.493 e. The van der Waals surface area contributed by atoms with E-state index in [4.69, 9.17) is 19.9 Å². The Morgan fingerprint density at radius 2 is 1.84 bits per heavy atom. The first-order valence-corrected chi connectivity index (χ1v) is 7.60. The average molecular weight is 352 g/mol. The van der Waals surface area contributed by atoms with Crippen molar-refractivity contribution in [3.05, 3.63) is 17.7 Å². The van der Waals surface area contributed by atoms with Gasteiger partial charge in [0.1, 0.15) is 6.04 Å². The van der Waals surface area contributed by atoms with E-state index in [9.17, 15) is 19.5 Å². The Kier molecular flexibility index (Phi) is 5.68. The van der Waals surface area contributed by atoms with Crippen LogP contribution >= 0.6 is 0 Å². The van der Waals surface area contributed by atoms with E-state index in [1.165, 1.54) is 31.3 Å². The van der Waals surface area contributed by atoms with Crippen LogP contribution in [0.2, 0.25) is 0 Å². The number of nitrogens with zero attached hydrogens (tertiary/aromatic N) is 1. The van der Waals surface area contributed by atoms with Crippen LogP contribution in [0.3, 0.4) is 0 Å². The number of carbonyl (C=O) groups excluding carboxylic acids is 2. The molecule has 1 aromatic rings. The predicted molar refractivity (Wildman–Crippen MR) is 85.9 cm³/mol. The normalized spacial score (nSPS) is 16.4. The van der Waals surface area contributed by atoms with E-state index in [0.29, 0.717) is 19.4 Å². The number of benzene rings is 1. The second-order valence-corrected chi connectivity index (χ2v) is 5.46. The number of likely N-dealkylation sites (tertiary alicyclic amines) is 1. The molecule has 0 aromatic heterocycles. The van der Waals surface area contributed by atoms with Gasteiger partial charge in [0.25, 0.3) is 11.8 Å². The van der Waals surface area contributed by atoms with E-state index in [1.807, 2.05) is 0 Å². The van der Waals surface area contributed by atoms with E-state index in [2.05, 4.69) is 0 Å². The van der Waals surface area contributed by atoms with Crippen molar-refractivity contribution in [3.63, 3.8) is 0 Å². The highest BCUT2D eigenvalue weighted by molar-refractivity contribution is 5.98. The lowest BCUT2D eigenvalue weighted by atomic mass is 10.1. The second kappa shape index (κ2) is 7.73. The summed E-state index contributed by atoms with van der Waals surface area (Å²) in [5, 5.41) is 9.24. The van der Waals surface area contributed by atoms with Crippen molar-refractivity contribution in [2.75, 3.05) is 27.4 Å². The average Bonchev–Trinajstić information content (AvgIpc) is 3.08. The first-order valence-electron chi connectivity index (χ1n) is 7.60. The van der Waals surface area contributed by atoms with Gasteiger partial charge in [-0.15, -0.1) is 0 Å². The molecule has 1 aliphatic rings. The van der Waals surface area contributed by atoms with Gasteiger partial charge in [-0.2, -0.15) is 0 Å². The molecule has 0 unspecified atom stereocenters. The molecule has 1 heterocycles. The molecule has 0 saturated carbocycles. The first-order chi connectivity index (χ1) is 11.9. The third-order valence-corrected chi connectivity index (χ3v) is 3.87. The van der Waals surface area contributed by atoms with Crippen molar-refractivity contribution in [1.82, 2.24) is 4.90 Å². The third kappa shape index (κ3) is 3.93. The van der Waals surface area contributed by atoms with Crippen LogP contribution in [-0.2, 0) is 9.59 Å². The minimum absolute atomic E-state index is 0.136. The summed E-state index contributed by atoms with van der Waals surface area (Å²) in [4.78, 5) is 36.2.